The van der Waals surface area contributed by atoms with Crippen LogP contribution < -0.4 is 4.72 Å². The first-order chi connectivity index (χ1) is 15.4. The fourth-order valence-electron chi connectivity index (χ4n) is 4.40. The maximum Gasteiger partial charge on any atom is 0.241 e. The third kappa shape index (κ3) is 4.21. The summed E-state index contributed by atoms with van der Waals surface area (Å²) in [6.07, 6.45) is 2.75. The van der Waals surface area contributed by atoms with Crippen molar-refractivity contribution in [3.05, 3.63) is 54.1 Å². The highest BCUT2D eigenvalue weighted by Crippen LogP contribution is 2.36. The molecule has 32 heavy (non-hydrogen) atoms. The van der Waals surface area contributed by atoms with Gasteiger partial charge in [-0.25, -0.2) is 13.1 Å². The molecule has 0 radical (unpaired) electrons. The van der Waals surface area contributed by atoms with Gasteiger partial charge in [-0.15, -0.1) is 10.2 Å². The van der Waals surface area contributed by atoms with E-state index in [0.717, 1.165) is 5.56 Å². The second-order valence-corrected chi connectivity index (χ2v) is 10.1. The number of ether oxygens (including phenoxy) is 2. The normalized spacial score (nSPS) is 18.9. The monoisotopic (exact) mass is 454 g/mol. The molecule has 0 bridgehead atoms. The average molecular weight is 455 g/mol. The summed E-state index contributed by atoms with van der Waals surface area (Å²) in [5, 5.41) is 8.43. The topological polar surface area (TPSA) is 106 Å². The lowest BCUT2D eigenvalue weighted by atomic mass is 9.91. The molecule has 168 valence electrons. The fraction of sp³-hybridized carbons (Fsp3) is 0.391. The van der Waals surface area contributed by atoms with Gasteiger partial charge in [0.15, 0.2) is 17.4 Å². The summed E-state index contributed by atoms with van der Waals surface area (Å²) in [4.78, 5) is 3.44. The number of nitrogens with zero attached hydrogens (tertiary/aromatic N) is 2. The van der Waals surface area contributed by atoms with Gasteiger partial charge in [-0.05, 0) is 31.4 Å². The first-order valence-corrected chi connectivity index (χ1v) is 12.3. The van der Waals surface area contributed by atoms with Crippen molar-refractivity contribution in [2.75, 3.05) is 13.2 Å². The standard InChI is InChI=1S/C23H26N4O4S/c1-16-7-8-18(22-24-21(25-26-22)17-5-3-2-4-6-17)15-20(16)32(28,29)27-19-9-11-23(12-10-19)30-13-14-31-23/h2-8,15,19,27H,9-14H2,1H3,(H,24,25,26). The zero-order valence-electron chi connectivity index (χ0n) is 17.9. The molecule has 0 unspecified atom stereocenters. The molecule has 3 aromatic rings. The van der Waals surface area contributed by atoms with E-state index in [9.17, 15) is 8.42 Å². The van der Waals surface area contributed by atoms with Crippen molar-refractivity contribution < 1.29 is 17.9 Å². The van der Waals surface area contributed by atoms with Gasteiger partial charge >= 0.3 is 0 Å². The number of sulfonamides is 1. The first-order valence-electron chi connectivity index (χ1n) is 10.8. The van der Waals surface area contributed by atoms with Crippen molar-refractivity contribution in [2.24, 2.45) is 0 Å². The lowest BCUT2D eigenvalue weighted by molar-refractivity contribution is -0.178. The molecule has 2 aliphatic rings. The summed E-state index contributed by atoms with van der Waals surface area (Å²) in [7, 11) is -3.70. The molecule has 2 N–H and O–H groups in total. The first kappa shape index (κ1) is 21.3. The Bertz CT molecular complexity index is 1190. The van der Waals surface area contributed by atoms with Crippen LogP contribution in [0.3, 0.4) is 0 Å². The summed E-state index contributed by atoms with van der Waals surface area (Å²) in [6, 6.07) is 14.8. The van der Waals surface area contributed by atoms with Crippen LogP contribution in [0.1, 0.15) is 31.2 Å². The molecule has 8 nitrogen and oxygen atoms in total. The highest BCUT2D eigenvalue weighted by molar-refractivity contribution is 7.89. The molecular weight excluding hydrogens is 428 g/mol. The Morgan fingerprint density at radius 3 is 2.31 bits per heavy atom. The van der Waals surface area contributed by atoms with E-state index in [4.69, 9.17) is 9.47 Å². The van der Waals surface area contributed by atoms with Crippen molar-refractivity contribution in [1.29, 1.82) is 0 Å². The highest BCUT2D eigenvalue weighted by atomic mass is 32.2. The number of rotatable bonds is 5. The van der Waals surface area contributed by atoms with Gasteiger partial charge in [0.25, 0.3) is 0 Å². The summed E-state index contributed by atoms with van der Waals surface area (Å²) >= 11 is 0. The number of aromatic amines is 1. The molecule has 2 aromatic carbocycles. The van der Waals surface area contributed by atoms with Crippen LogP contribution in [0.4, 0.5) is 0 Å². The highest BCUT2D eigenvalue weighted by Gasteiger charge is 2.41. The molecule has 1 saturated heterocycles. The number of hydrogen-bond donors (Lipinski definition) is 2. The number of aromatic nitrogens is 3. The third-order valence-electron chi connectivity index (χ3n) is 6.17. The quantitative estimate of drug-likeness (QED) is 0.612. The largest absolute Gasteiger partial charge is 0.348 e. The molecule has 9 heteroatoms. The van der Waals surface area contributed by atoms with Crippen molar-refractivity contribution in [1.82, 2.24) is 19.9 Å². The van der Waals surface area contributed by atoms with Gasteiger partial charge in [0.05, 0.1) is 18.1 Å². The van der Waals surface area contributed by atoms with Crippen LogP contribution in [-0.2, 0) is 19.5 Å². The molecule has 2 fully saturated rings. The summed E-state index contributed by atoms with van der Waals surface area (Å²) in [5.74, 6) is 0.646. The van der Waals surface area contributed by atoms with Crippen LogP contribution in [-0.4, -0.2) is 48.6 Å². The number of benzene rings is 2. The lowest BCUT2D eigenvalue weighted by Gasteiger charge is -2.35. The SMILES string of the molecule is Cc1ccc(-c2nnc(-c3ccccc3)[nH]2)cc1S(=O)(=O)NC1CCC2(CC1)OCCO2. The maximum absolute atomic E-state index is 13.2. The van der Waals surface area contributed by atoms with E-state index in [1.807, 2.05) is 36.4 Å². The van der Waals surface area contributed by atoms with Crippen LogP contribution in [0.15, 0.2) is 53.4 Å². The molecule has 5 rings (SSSR count). The van der Waals surface area contributed by atoms with Crippen LogP contribution in [0.25, 0.3) is 22.8 Å². The van der Waals surface area contributed by atoms with Gasteiger partial charge in [0, 0.05) is 30.0 Å². The van der Waals surface area contributed by atoms with E-state index in [-0.39, 0.29) is 10.9 Å². The predicted octanol–water partition coefficient (Wildman–Crippen LogP) is 3.41. The number of aryl methyl sites for hydroxylation is 1. The number of hydrogen-bond acceptors (Lipinski definition) is 6. The van der Waals surface area contributed by atoms with Crippen molar-refractivity contribution in [3.63, 3.8) is 0 Å². The van der Waals surface area contributed by atoms with Gasteiger partial charge in [-0.3, -0.25) is 0 Å². The Labute approximate surface area is 187 Å². The minimum absolute atomic E-state index is 0.142. The fourth-order valence-corrected chi connectivity index (χ4v) is 5.97. The zero-order chi connectivity index (χ0) is 22.2. The summed E-state index contributed by atoms with van der Waals surface area (Å²) in [6.45, 7) is 3.01. The molecule has 2 heterocycles. The van der Waals surface area contributed by atoms with Gasteiger partial charge < -0.3 is 14.5 Å². The Morgan fingerprint density at radius 1 is 0.969 bits per heavy atom. The van der Waals surface area contributed by atoms with Crippen LogP contribution in [0.2, 0.25) is 0 Å². The smallest absolute Gasteiger partial charge is 0.241 e. The minimum Gasteiger partial charge on any atom is -0.348 e. The Hall–Kier alpha value is -2.59. The molecule has 0 amide bonds. The van der Waals surface area contributed by atoms with E-state index >= 15 is 0 Å². The summed E-state index contributed by atoms with van der Waals surface area (Å²) < 4.78 is 40.8. The van der Waals surface area contributed by atoms with Gasteiger partial charge in [-0.2, -0.15) is 0 Å². The summed E-state index contributed by atoms with van der Waals surface area (Å²) in [5.41, 5.74) is 2.26. The molecular formula is C23H26N4O4S. The predicted molar refractivity (Wildman–Crippen MR) is 119 cm³/mol. The van der Waals surface area contributed by atoms with Crippen LogP contribution in [0, 0.1) is 6.92 Å². The second kappa shape index (κ2) is 8.40. The molecule has 1 aliphatic carbocycles. The van der Waals surface area contributed by atoms with Gasteiger partial charge in [0.1, 0.15) is 0 Å². The Balaban J connectivity index is 1.35. The third-order valence-corrected chi connectivity index (χ3v) is 7.83. The minimum atomic E-state index is -3.70. The molecule has 1 spiro atoms. The van der Waals surface area contributed by atoms with Crippen LogP contribution >= 0.6 is 0 Å². The second-order valence-electron chi connectivity index (χ2n) is 8.37. The molecule has 1 saturated carbocycles. The van der Waals surface area contributed by atoms with Gasteiger partial charge in [0.2, 0.25) is 10.0 Å². The van der Waals surface area contributed by atoms with Crippen molar-refractivity contribution in [2.45, 2.75) is 49.3 Å². The van der Waals surface area contributed by atoms with E-state index in [1.54, 1.807) is 19.1 Å². The number of nitrogens with one attached hydrogen (secondary N) is 2. The Morgan fingerprint density at radius 2 is 1.62 bits per heavy atom. The van der Waals surface area contributed by atoms with Crippen LogP contribution in [0.5, 0.6) is 0 Å². The van der Waals surface area contributed by atoms with Gasteiger partial charge in [-0.1, -0.05) is 42.5 Å². The number of H-pyrrole nitrogens is 1. The van der Waals surface area contributed by atoms with E-state index in [1.165, 1.54) is 0 Å². The van der Waals surface area contributed by atoms with E-state index < -0.39 is 15.8 Å². The molecule has 1 aliphatic heterocycles. The maximum atomic E-state index is 13.2. The lowest BCUT2D eigenvalue weighted by Crippen LogP contribution is -2.44. The zero-order valence-corrected chi connectivity index (χ0v) is 18.7. The average Bonchev–Trinajstić information content (AvgIpc) is 3.47. The molecule has 0 atom stereocenters. The molecule has 1 aromatic heterocycles. The van der Waals surface area contributed by atoms with Crippen molar-refractivity contribution in [3.8, 4) is 22.8 Å². The van der Waals surface area contributed by atoms with E-state index in [0.29, 0.717) is 61.7 Å². The van der Waals surface area contributed by atoms with Crippen molar-refractivity contribution >= 4 is 10.0 Å². The Kier molecular flexibility index (Phi) is 5.58. The van der Waals surface area contributed by atoms with E-state index in [2.05, 4.69) is 19.9 Å².